The van der Waals surface area contributed by atoms with Crippen LogP contribution < -0.4 is 0 Å². The van der Waals surface area contributed by atoms with Crippen LogP contribution in [0, 0.1) is 0 Å². The van der Waals surface area contributed by atoms with Gasteiger partial charge in [-0.25, -0.2) is 0 Å². The molecule has 0 aromatic heterocycles. The number of hydrogen-bond donors (Lipinski definition) is 0. The van der Waals surface area contributed by atoms with Crippen molar-refractivity contribution in [1.82, 2.24) is 0 Å². The first kappa shape index (κ1) is 61.6. The van der Waals surface area contributed by atoms with Crippen molar-refractivity contribution in [2.45, 2.75) is 258 Å². The van der Waals surface area contributed by atoms with Gasteiger partial charge in [0.2, 0.25) is 0 Å². The van der Waals surface area contributed by atoms with E-state index in [1.165, 1.54) is 122 Å². The maximum atomic E-state index is 12.8. The van der Waals surface area contributed by atoms with Crippen LogP contribution >= 0.6 is 0 Å². The molecule has 0 saturated heterocycles. The van der Waals surface area contributed by atoms with Crippen molar-refractivity contribution >= 4 is 17.9 Å². The molecule has 0 heterocycles. The van der Waals surface area contributed by atoms with Crippen LogP contribution in [0.15, 0.2) is 85.1 Å². The summed E-state index contributed by atoms with van der Waals surface area (Å²) >= 11 is 0. The van der Waals surface area contributed by atoms with Crippen molar-refractivity contribution in [3.8, 4) is 0 Å². The monoisotopic (exact) mass is 905 g/mol. The quantitative estimate of drug-likeness (QED) is 0.0199. The molecule has 0 aromatic rings. The predicted molar refractivity (Wildman–Crippen MR) is 279 cm³/mol. The van der Waals surface area contributed by atoms with E-state index < -0.39 is 6.10 Å². The van der Waals surface area contributed by atoms with Crippen LogP contribution in [0.2, 0.25) is 0 Å². The Morgan fingerprint density at radius 3 is 1.00 bits per heavy atom. The molecule has 0 N–H and O–H groups in total. The molecule has 0 rings (SSSR count). The summed E-state index contributed by atoms with van der Waals surface area (Å²) in [7, 11) is 0. The molecule has 65 heavy (non-hydrogen) atoms. The first-order valence-corrected chi connectivity index (χ1v) is 27.2. The third-order valence-corrected chi connectivity index (χ3v) is 11.5. The minimum Gasteiger partial charge on any atom is -0.462 e. The Morgan fingerprint density at radius 1 is 0.323 bits per heavy atom. The van der Waals surface area contributed by atoms with Crippen molar-refractivity contribution in [3.05, 3.63) is 85.1 Å². The number of allylic oxidation sites excluding steroid dienone is 14. The Kier molecular flexibility index (Phi) is 50.4. The van der Waals surface area contributed by atoms with Crippen LogP contribution in [0.25, 0.3) is 0 Å². The highest BCUT2D eigenvalue weighted by Crippen LogP contribution is 2.14. The average molecular weight is 905 g/mol. The number of ether oxygens (including phenoxy) is 3. The summed E-state index contributed by atoms with van der Waals surface area (Å²) in [5.41, 5.74) is 0. The van der Waals surface area contributed by atoms with Gasteiger partial charge in [-0.2, -0.15) is 0 Å². The maximum Gasteiger partial charge on any atom is 0.306 e. The third kappa shape index (κ3) is 51.4. The summed E-state index contributed by atoms with van der Waals surface area (Å²) < 4.78 is 16.8. The molecule has 1 atom stereocenters. The van der Waals surface area contributed by atoms with Gasteiger partial charge in [-0.3, -0.25) is 14.4 Å². The number of unbranched alkanes of at least 4 members (excludes halogenated alkanes) is 27. The lowest BCUT2D eigenvalue weighted by Crippen LogP contribution is -2.30. The Labute approximate surface area is 401 Å². The van der Waals surface area contributed by atoms with Crippen LogP contribution in [0.5, 0.6) is 0 Å². The summed E-state index contributed by atoms with van der Waals surface area (Å²) in [5.74, 6) is -0.955. The van der Waals surface area contributed by atoms with Gasteiger partial charge in [0.25, 0.3) is 0 Å². The molecular weight excluding hydrogens is 805 g/mol. The lowest BCUT2D eigenvalue weighted by molar-refractivity contribution is -0.167. The Morgan fingerprint density at radius 2 is 0.615 bits per heavy atom. The van der Waals surface area contributed by atoms with Crippen molar-refractivity contribution in [2.75, 3.05) is 13.2 Å². The number of carbonyl (C=O) groups is 3. The summed E-state index contributed by atoms with van der Waals surface area (Å²) in [6, 6.07) is 0. The number of rotatable bonds is 48. The molecule has 0 spiro atoms. The van der Waals surface area contributed by atoms with Gasteiger partial charge in [0.05, 0.1) is 0 Å². The second-order valence-corrected chi connectivity index (χ2v) is 17.9. The standard InChI is InChI=1S/C59H100O6/c1-4-7-10-13-16-19-22-25-28-31-34-37-40-43-46-49-52-58(61)64-55-56(54-63-57(60)51-48-45-42-39-36-33-30-27-24-21-18-15-12-9-6-3)65-59(62)53-50-47-44-41-38-35-32-29-26-23-20-17-14-11-8-5-2/h9,12,15,18,21,24,27-33,36,56H,4-8,10-11,13-14,16-17,19-20,22-23,25-26,34-35,37-55H2,1-3H3/b12-9-,18-15-,24-21-,30-27-,31-28-,32-29-,36-33-. The van der Waals surface area contributed by atoms with Crippen molar-refractivity contribution in [2.24, 2.45) is 0 Å². The molecule has 1 unspecified atom stereocenters. The molecule has 0 radical (unpaired) electrons. The zero-order chi connectivity index (χ0) is 47.2. The Balaban J connectivity index is 4.48. The number of esters is 3. The fourth-order valence-corrected chi connectivity index (χ4v) is 7.39. The molecular formula is C59H100O6. The lowest BCUT2D eigenvalue weighted by atomic mass is 10.1. The SMILES string of the molecule is CC\C=C/C=C\C=C/C=C\C=C/CCCCCC(=O)OCC(COC(=O)CCCCCCC/C=C\CCCCCCCCC)OC(=O)CCCCCCC/C=C\CCCCCCCCC. The fourth-order valence-electron chi connectivity index (χ4n) is 7.39. The molecule has 6 heteroatoms. The molecule has 0 aliphatic carbocycles. The molecule has 0 fully saturated rings. The zero-order valence-corrected chi connectivity index (χ0v) is 42.5. The van der Waals surface area contributed by atoms with Gasteiger partial charge in [-0.05, 0) is 89.9 Å². The molecule has 372 valence electrons. The second kappa shape index (κ2) is 53.2. The minimum absolute atomic E-state index is 0.0981. The van der Waals surface area contributed by atoms with E-state index in [1.54, 1.807) is 0 Å². The van der Waals surface area contributed by atoms with Gasteiger partial charge >= 0.3 is 17.9 Å². The van der Waals surface area contributed by atoms with E-state index >= 15 is 0 Å². The molecule has 6 nitrogen and oxygen atoms in total. The van der Waals surface area contributed by atoms with Crippen LogP contribution in [0.3, 0.4) is 0 Å². The van der Waals surface area contributed by atoms with Gasteiger partial charge < -0.3 is 14.2 Å². The summed E-state index contributed by atoms with van der Waals surface area (Å²) in [5, 5.41) is 0. The van der Waals surface area contributed by atoms with E-state index in [-0.39, 0.29) is 31.1 Å². The van der Waals surface area contributed by atoms with Crippen molar-refractivity contribution < 1.29 is 28.6 Å². The summed E-state index contributed by atoms with van der Waals surface area (Å²) in [6.45, 7) is 6.45. The van der Waals surface area contributed by atoms with Gasteiger partial charge in [-0.15, -0.1) is 0 Å². The van der Waals surface area contributed by atoms with E-state index in [2.05, 4.69) is 57.2 Å². The smallest absolute Gasteiger partial charge is 0.306 e. The third-order valence-electron chi connectivity index (χ3n) is 11.5. The molecule has 0 bridgehead atoms. The van der Waals surface area contributed by atoms with E-state index in [0.29, 0.717) is 19.3 Å². The Bertz CT molecular complexity index is 1270. The largest absolute Gasteiger partial charge is 0.462 e. The van der Waals surface area contributed by atoms with Gasteiger partial charge in [0, 0.05) is 19.3 Å². The number of hydrogen-bond acceptors (Lipinski definition) is 6. The van der Waals surface area contributed by atoms with Gasteiger partial charge in [0.1, 0.15) is 13.2 Å². The van der Waals surface area contributed by atoms with E-state index in [4.69, 9.17) is 14.2 Å². The van der Waals surface area contributed by atoms with E-state index in [0.717, 1.165) is 89.9 Å². The van der Waals surface area contributed by atoms with Gasteiger partial charge in [-0.1, -0.05) is 228 Å². The molecule has 0 aromatic carbocycles. The van der Waals surface area contributed by atoms with Crippen LogP contribution in [-0.2, 0) is 28.6 Å². The van der Waals surface area contributed by atoms with Gasteiger partial charge in [0.15, 0.2) is 6.10 Å². The van der Waals surface area contributed by atoms with E-state index in [9.17, 15) is 14.4 Å². The highest BCUT2D eigenvalue weighted by Gasteiger charge is 2.19. The highest BCUT2D eigenvalue weighted by atomic mass is 16.6. The van der Waals surface area contributed by atoms with Crippen LogP contribution in [0.1, 0.15) is 252 Å². The van der Waals surface area contributed by atoms with E-state index in [1.807, 2.05) is 48.6 Å². The molecule has 0 aliphatic rings. The first-order valence-electron chi connectivity index (χ1n) is 27.2. The predicted octanol–water partition coefficient (Wildman–Crippen LogP) is 18.0. The van der Waals surface area contributed by atoms with Crippen LogP contribution in [0.4, 0.5) is 0 Å². The second-order valence-electron chi connectivity index (χ2n) is 17.9. The number of carbonyl (C=O) groups excluding carboxylic acids is 3. The summed E-state index contributed by atoms with van der Waals surface area (Å²) in [4.78, 5) is 38.1. The van der Waals surface area contributed by atoms with Crippen molar-refractivity contribution in [3.63, 3.8) is 0 Å². The summed E-state index contributed by atoms with van der Waals surface area (Å²) in [6.07, 6.45) is 68.5. The molecule has 0 saturated carbocycles. The highest BCUT2D eigenvalue weighted by molar-refractivity contribution is 5.71. The molecule has 0 amide bonds. The van der Waals surface area contributed by atoms with Crippen LogP contribution in [-0.4, -0.2) is 37.2 Å². The molecule has 0 aliphatic heterocycles. The first-order chi connectivity index (χ1) is 32.0. The minimum atomic E-state index is -0.802. The maximum absolute atomic E-state index is 12.8. The topological polar surface area (TPSA) is 78.9 Å². The lowest BCUT2D eigenvalue weighted by Gasteiger charge is -2.18. The Hall–Kier alpha value is -3.41. The zero-order valence-electron chi connectivity index (χ0n) is 42.5. The van der Waals surface area contributed by atoms with Crippen molar-refractivity contribution in [1.29, 1.82) is 0 Å². The normalized spacial score (nSPS) is 12.7. The average Bonchev–Trinajstić information content (AvgIpc) is 3.30. The fraction of sp³-hybridized carbons (Fsp3) is 0.712.